The zero-order valence-corrected chi connectivity index (χ0v) is 17.2. The van der Waals surface area contributed by atoms with Gasteiger partial charge in [0.05, 0.1) is 6.54 Å². The SMILES string of the molecule is CCN(Cc1ccc(COC)o1)CC1CCCN(CCc2cccc(F)c2)C1. The summed E-state index contributed by atoms with van der Waals surface area (Å²) in [7, 11) is 1.68. The summed E-state index contributed by atoms with van der Waals surface area (Å²) >= 11 is 0. The molecule has 1 aliphatic heterocycles. The first kappa shape index (κ1) is 21.0. The van der Waals surface area contributed by atoms with Gasteiger partial charge in [-0.3, -0.25) is 4.90 Å². The zero-order valence-electron chi connectivity index (χ0n) is 17.2. The molecule has 1 atom stereocenters. The Morgan fingerprint density at radius 2 is 2.11 bits per heavy atom. The molecule has 0 amide bonds. The van der Waals surface area contributed by atoms with Crippen LogP contribution in [-0.2, 0) is 24.3 Å². The third-order valence-corrected chi connectivity index (χ3v) is 5.56. The molecule has 2 heterocycles. The van der Waals surface area contributed by atoms with Crippen molar-refractivity contribution in [3.05, 3.63) is 59.3 Å². The van der Waals surface area contributed by atoms with Gasteiger partial charge in [0.15, 0.2) is 0 Å². The number of methoxy groups -OCH3 is 1. The third kappa shape index (κ3) is 6.43. The van der Waals surface area contributed by atoms with Crippen LogP contribution in [0.2, 0.25) is 0 Å². The van der Waals surface area contributed by atoms with Crippen LogP contribution in [0.3, 0.4) is 0 Å². The smallest absolute Gasteiger partial charge is 0.129 e. The highest BCUT2D eigenvalue weighted by Crippen LogP contribution is 2.20. The lowest BCUT2D eigenvalue weighted by molar-refractivity contribution is 0.126. The lowest BCUT2D eigenvalue weighted by Crippen LogP contribution is -2.41. The summed E-state index contributed by atoms with van der Waals surface area (Å²) in [6.45, 7) is 8.96. The second-order valence-corrected chi connectivity index (χ2v) is 7.82. The molecule has 4 nitrogen and oxygen atoms in total. The van der Waals surface area contributed by atoms with Gasteiger partial charge in [-0.25, -0.2) is 4.39 Å². The van der Waals surface area contributed by atoms with Gasteiger partial charge in [0.1, 0.15) is 23.9 Å². The summed E-state index contributed by atoms with van der Waals surface area (Å²) in [5.41, 5.74) is 1.09. The Morgan fingerprint density at radius 1 is 1.25 bits per heavy atom. The Labute approximate surface area is 168 Å². The summed E-state index contributed by atoms with van der Waals surface area (Å²) in [5.74, 6) is 2.43. The first-order valence-corrected chi connectivity index (χ1v) is 10.4. The van der Waals surface area contributed by atoms with Crippen molar-refractivity contribution < 1.29 is 13.5 Å². The van der Waals surface area contributed by atoms with E-state index in [-0.39, 0.29) is 5.82 Å². The highest BCUT2D eigenvalue weighted by atomic mass is 19.1. The van der Waals surface area contributed by atoms with E-state index in [1.165, 1.54) is 18.9 Å². The number of rotatable bonds is 10. The molecule has 154 valence electrons. The fourth-order valence-electron chi connectivity index (χ4n) is 4.10. The van der Waals surface area contributed by atoms with Crippen molar-refractivity contribution in [3.63, 3.8) is 0 Å². The topological polar surface area (TPSA) is 28.9 Å². The Balaban J connectivity index is 1.47. The van der Waals surface area contributed by atoms with Gasteiger partial charge in [-0.1, -0.05) is 19.1 Å². The average molecular weight is 389 g/mol. The molecule has 0 spiro atoms. The monoisotopic (exact) mass is 388 g/mol. The third-order valence-electron chi connectivity index (χ3n) is 5.56. The first-order chi connectivity index (χ1) is 13.7. The van der Waals surface area contributed by atoms with Crippen LogP contribution < -0.4 is 0 Å². The van der Waals surface area contributed by atoms with Crippen LogP contribution in [0, 0.1) is 11.7 Å². The summed E-state index contributed by atoms with van der Waals surface area (Å²) in [4.78, 5) is 5.01. The van der Waals surface area contributed by atoms with Gasteiger partial charge in [-0.15, -0.1) is 0 Å². The molecule has 28 heavy (non-hydrogen) atoms. The molecule has 0 N–H and O–H groups in total. The van der Waals surface area contributed by atoms with Crippen LogP contribution in [0.5, 0.6) is 0 Å². The number of piperidine rings is 1. The Hall–Kier alpha value is -1.69. The summed E-state index contributed by atoms with van der Waals surface area (Å²) in [6, 6.07) is 11.0. The molecule has 1 saturated heterocycles. The van der Waals surface area contributed by atoms with Crippen LogP contribution in [0.15, 0.2) is 40.8 Å². The van der Waals surface area contributed by atoms with E-state index < -0.39 is 0 Å². The summed E-state index contributed by atoms with van der Waals surface area (Å²) in [6.07, 6.45) is 3.43. The number of hydrogen-bond acceptors (Lipinski definition) is 4. The fraction of sp³-hybridized carbons (Fsp3) is 0.565. The molecule has 3 rings (SSSR count). The minimum atomic E-state index is -0.140. The first-order valence-electron chi connectivity index (χ1n) is 10.4. The van der Waals surface area contributed by atoms with Gasteiger partial charge < -0.3 is 14.1 Å². The fourth-order valence-corrected chi connectivity index (χ4v) is 4.10. The maximum Gasteiger partial charge on any atom is 0.129 e. The van der Waals surface area contributed by atoms with Gasteiger partial charge in [0.25, 0.3) is 0 Å². The molecule has 0 saturated carbocycles. The van der Waals surface area contributed by atoms with E-state index in [4.69, 9.17) is 9.15 Å². The van der Waals surface area contributed by atoms with E-state index in [9.17, 15) is 4.39 Å². The van der Waals surface area contributed by atoms with E-state index in [0.29, 0.717) is 12.5 Å². The Bertz CT molecular complexity index is 718. The molecule has 0 bridgehead atoms. The average Bonchev–Trinajstić information content (AvgIpc) is 3.13. The van der Waals surface area contributed by atoms with Gasteiger partial charge in [0, 0.05) is 26.7 Å². The Kier molecular flexibility index (Phi) is 8.07. The van der Waals surface area contributed by atoms with Crippen LogP contribution in [0.25, 0.3) is 0 Å². The molecule has 1 fully saturated rings. The van der Waals surface area contributed by atoms with Crippen LogP contribution in [0.1, 0.15) is 36.8 Å². The predicted octanol–water partition coefficient (Wildman–Crippen LogP) is 4.34. The molecule has 5 heteroatoms. The second-order valence-electron chi connectivity index (χ2n) is 7.82. The zero-order chi connectivity index (χ0) is 19.8. The van der Waals surface area contributed by atoms with Crippen molar-refractivity contribution in [1.29, 1.82) is 0 Å². The predicted molar refractivity (Wildman–Crippen MR) is 110 cm³/mol. The van der Waals surface area contributed by atoms with E-state index in [1.54, 1.807) is 19.2 Å². The minimum Gasteiger partial charge on any atom is -0.462 e. The van der Waals surface area contributed by atoms with Crippen molar-refractivity contribution >= 4 is 0 Å². The molecule has 1 aromatic heterocycles. The van der Waals surface area contributed by atoms with Gasteiger partial charge >= 0.3 is 0 Å². The van der Waals surface area contributed by atoms with E-state index in [2.05, 4.69) is 22.8 Å². The molecule has 0 aliphatic carbocycles. The molecule has 1 unspecified atom stereocenters. The normalized spacial score (nSPS) is 18.1. The number of likely N-dealkylation sites (tertiary alicyclic amines) is 1. The molecule has 2 aromatic rings. The van der Waals surface area contributed by atoms with E-state index >= 15 is 0 Å². The van der Waals surface area contributed by atoms with Gasteiger partial charge in [0.2, 0.25) is 0 Å². The number of halogens is 1. The minimum absolute atomic E-state index is 0.140. The van der Waals surface area contributed by atoms with Crippen molar-refractivity contribution in [1.82, 2.24) is 9.80 Å². The number of nitrogens with zero attached hydrogens (tertiary/aromatic N) is 2. The van der Waals surface area contributed by atoms with Gasteiger partial charge in [-0.05, 0) is 68.1 Å². The van der Waals surface area contributed by atoms with Crippen LogP contribution in [0.4, 0.5) is 4.39 Å². The molecule has 0 radical (unpaired) electrons. The Morgan fingerprint density at radius 3 is 2.89 bits per heavy atom. The van der Waals surface area contributed by atoms with Crippen LogP contribution in [-0.4, -0.2) is 49.6 Å². The lowest BCUT2D eigenvalue weighted by atomic mass is 9.97. The highest BCUT2D eigenvalue weighted by Gasteiger charge is 2.22. The van der Waals surface area contributed by atoms with E-state index in [0.717, 1.165) is 62.8 Å². The van der Waals surface area contributed by atoms with Crippen molar-refractivity contribution in [2.24, 2.45) is 5.92 Å². The summed E-state index contributed by atoms with van der Waals surface area (Å²) in [5, 5.41) is 0. The second kappa shape index (κ2) is 10.7. The largest absolute Gasteiger partial charge is 0.462 e. The van der Waals surface area contributed by atoms with Crippen molar-refractivity contribution in [3.8, 4) is 0 Å². The van der Waals surface area contributed by atoms with Crippen molar-refractivity contribution in [2.75, 3.05) is 39.8 Å². The number of ether oxygens (including phenoxy) is 1. The number of furan rings is 1. The maximum absolute atomic E-state index is 13.4. The van der Waals surface area contributed by atoms with Crippen molar-refractivity contribution in [2.45, 2.75) is 39.3 Å². The quantitative estimate of drug-likeness (QED) is 0.605. The molecular formula is C23H33FN2O2. The maximum atomic E-state index is 13.4. The molecular weight excluding hydrogens is 355 g/mol. The molecule has 1 aromatic carbocycles. The van der Waals surface area contributed by atoms with Crippen LogP contribution >= 0.6 is 0 Å². The van der Waals surface area contributed by atoms with Gasteiger partial charge in [-0.2, -0.15) is 0 Å². The lowest BCUT2D eigenvalue weighted by Gasteiger charge is -2.35. The summed E-state index contributed by atoms with van der Waals surface area (Å²) < 4.78 is 24.4. The number of benzene rings is 1. The molecule has 1 aliphatic rings. The van der Waals surface area contributed by atoms with E-state index in [1.807, 2.05) is 12.1 Å². The standard InChI is InChI=1S/C23H33FN2O2/c1-3-25(17-22-9-10-23(28-22)18-27-2)15-20-7-5-12-26(16-20)13-11-19-6-4-8-21(24)14-19/h4,6,8-10,14,20H,3,5,7,11-13,15-18H2,1-2H3. The highest BCUT2D eigenvalue weighted by molar-refractivity contribution is 5.16. The number of hydrogen-bond donors (Lipinski definition) is 0.